The zero-order valence-electron chi connectivity index (χ0n) is 32.0. The molecule has 2 aromatic carbocycles. The van der Waals surface area contributed by atoms with Crippen molar-refractivity contribution >= 4 is 46.8 Å². The van der Waals surface area contributed by atoms with Crippen LogP contribution in [0.2, 0.25) is 5.02 Å². The monoisotopic (exact) mass is 785 g/mol. The lowest BCUT2D eigenvalue weighted by Crippen LogP contribution is -2.74. The average Bonchev–Trinajstić information content (AvgIpc) is 3.57. The van der Waals surface area contributed by atoms with Gasteiger partial charge in [0.05, 0.1) is 28.0 Å². The fraction of sp³-hybridized carbons (Fsp3) is 0.419. The quantitative estimate of drug-likeness (QED) is 0.286. The molecule has 5 aliphatic heterocycles. The number of hydrogen-bond donors (Lipinski definition) is 1. The van der Waals surface area contributed by atoms with Gasteiger partial charge in [0, 0.05) is 85.2 Å². The summed E-state index contributed by atoms with van der Waals surface area (Å²) in [5.74, 6) is 5.39. The molecule has 14 heteroatoms. The molecule has 1 unspecified atom stereocenters. The van der Waals surface area contributed by atoms with Crippen molar-refractivity contribution in [3.05, 3.63) is 87.2 Å². The van der Waals surface area contributed by atoms with E-state index in [1.807, 2.05) is 23.1 Å². The number of hydrogen-bond acceptors (Lipinski definition) is 10. The minimum Gasteiger partial charge on any atom is -0.489 e. The van der Waals surface area contributed by atoms with Gasteiger partial charge in [-0.05, 0) is 48.4 Å². The van der Waals surface area contributed by atoms with Crippen molar-refractivity contribution in [2.75, 3.05) is 31.1 Å². The lowest BCUT2D eigenvalue weighted by atomic mass is 9.49. The fourth-order valence-corrected chi connectivity index (χ4v) is 10.3. The lowest BCUT2D eigenvalue weighted by molar-refractivity contribution is -0.199. The Kier molecular flexibility index (Phi) is 8.50. The predicted molar refractivity (Wildman–Crippen MR) is 207 cm³/mol. The summed E-state index contributed by atoms with van der Waals surface area (Å²) >= 11 is 6.28. The molecule has 9 rings (SSSR count). The van der Waals surface area contributed by atoms with Gasteiger partial charge < -0.3 is 14.5 Å². The minimum absolute atomic E-state index is 0.0182. The van der Waals surface area contributed by atoms with Crippen molar-refractivity contribution in [3.8, 4) is 23.7 Å². The molecule has 1 aliphatic carbocycles. The number of halogens is 1. The van der Waals surface area contributed by atoms with E-state index in [2.05, 4.69) is 65.7 Å². The largest absolute Gasteiger partial charge is 0.489 e. The number of rotatable bonds is 6. The number of piperidine rings is 1. The summed E-state index contributed by atoms with van der Waals surface area (Å²) in [5, 5.41) is 11.8. The first kappa shape index (κ1) is 36.9. The number of benzene rings is 2. The van der Waals surface area contributed by atoms with Gasteiger partial charge in [-0.1, -0.05) is 51.1 Å². The van der Waals surface area contributed by atoms with E-state index in [1.54, 1.807) is 30.5 Å². The normalized spacial score (nSPS) is 25.1. The van der Waals surface area contributed by atoms with Crippen LogP contribution in [0.15, 0.2) is 48.7 Å². The Morgan fingerprint density at radius 3 is 2.37 bits per heavy atom. The third-order valence-electron chi connectivity index (χ3n) is 12.7. The lowest BCUT2D eigenvalue weighted by Gasteiger charge is -2.65. The van der Waals surface area contributed by atoms with E-state index in [0.717, 1.165) is 47.9 Å². The summed E-state index contributed by atoms with van der Waals surface area (Å²) in [7, 11) is 0. The highest BCUT2D eigenvalue weighted by Gasteiger charge is 2.67. The second-order valence-corrected chi connectivity index (χ2v) is 17.5. The summed E-state index contributed by atoms with van der Waals surface area (Å²) in [6, 6.07) is 14.0. The third kappa shape index (κ3) is 5.86. The molecular formula is C43H40ClN7O6. The number of aromatic nitrogens is 1. The van der Waals surface area contributed by atoms with E-state index in [-0.39, 0.29) is 58.9 Å². The molecule has 1 N–H and O–H groups in total. The molecule has 13 nitrogen and oxygen atoms in total. The highest BCUT2D eigenvalue weighted by molar-refractivity contribution is 6.31. The van der Waals surface area contributed by atoms with E-state index in [0.29, 0.717) is 34.5 Å². The van der Waals surface area contributed by atoms with Crippen LogP contribution < -0.4 is 15.0 Å². The molecule has 1 saturated carbocycles. The number of nitriles is 1. The van der Waals surface area contributed by atoms with Crippen molar-refractivity contribution in [1.82, 2.24) is 25.0 Å². The predicted octanol–water partition coefficient (Wildman–Crippen LogP) is 4.02. The molecule has 290 valence electrons. The summed E-state index contributed by atoms with van der Waals surface area (Å²) in [6.07, 6.45) is 1.57. The highest BCUT2D eigenvalue weighted by Crippen LogP contribution is 2.59. The van der Waals surface area contributed by atoms with Gasteiger partial charge in [-0.2, -0.15) is 5.26 Å². The molecule has 1 atom stereocenters. The van der Waals surface area contributed by atoms with Gasteiger partial charge in [0.2, 0.25) is 11.8 Å². The van der Waals surface area contributed by atoms with E-state index < -0.39 is 29.7 Å². The first-order valence-corrected chi connectivity index (χ1v) is 19.6. The second-order valence-electron chi connectivity index (χ2n) is 17.1. The standard InChI is InChI=1S/C43H40ClN7O6/c1-42(2)40(43(3,4)41(42)57-29-9-8-25(16-45)32(44)15-29)50-20-26-13-23(7-10-30(26)37(50)54)5-6-24-18-48(19-24)28-21-49(22-28)27-14-31-35(46-17-27)39(56)51(38(31)55)33-11-12-34(52)47-36(33)53/h7-10,13-15,17,24,28,33,40-41H,11-12,18-22H2,1-4H3,(H,47,52,53). The topological polar surface area (TPSA) is 156 Å². The number of carbonyl (C=O) groups is 5. The Morgan fingerprint density at radius 1 is 0.912 bits per heavy atom. The Balaban J connectivity index is 0.783. The number of ether oxygens (including phenoxy) is 1. The fourth-order valence-electron chi connectivity index (χ4n) is 10.1. The van der Waals surface area contributed by atoms with Crippen LogP contribution in [0.3, 0.4) is 0 Å². The van der Waals surface area contributed by atoms with Crippen molar-refractivity contribution < 1.29 is 28.7 Å². The minimum atomic E-state index is -1.02. The number of carbonyl (C=O) groups excluding carboxylic acids is 5. The number of likely N-dealkylation sites (tertiary alicyclic amines) is 1. The van der Waals surface area contributed by atoms with Crippen molar-refractivity contribution in [3.63, 3.8) is 0 Å². The van der Waals surface area contributed by atoms with E-state index in [9.17, 15) is 29.2 Å². The van der Waals surface area contributed by atoms with Gasteiger partial charge in [0.15, 0.2) is 0 Å². The maximum absolute atomic E-state index is 13.8. The first-order valence-electron chi connectivity index (χ1n) is 19.2. The highest BCUT2D eigenvalue weighted by atomic mass is 35.5. The summed E-state index contributed by atoms with van der Waals surface area (Å²) in [5.41, 5.74) is 3.21. The maximum atomic E-state index is 13.8. The second kappa shape index (κ2) is 13.2. The van der Waals surface area contributed by atoms with Crippen LogP contribution in [0.5, 0.6) is 5.75 Å². The molecule has 3 aromatic rings. The van der Waals surface area contributed by atoms with E-state index in [1.165, 1.54) is 0 Å². The third-order valence-corrected chi connectivity index (χ3v) is 13.0. The van der Waals surface area contributed by atoms with Crippen LogP contribution in [-0.2, 0) is 16.1 Å². The molecular weight excluding hydrogens is 746 g/mol. The molecule has 0 radical (unpaired) electrons. The number of fused-ring (bicyclic) bond motifs is 2. The Labute approximate surface area is 334 Å². The van der Waals surface area contributed by atoms with Crippen molar-refractivity contribution in [2.45, 2.75) is 71.3 Å². The van der Waals surface area contributed by atoms with Gasteiger partial charge in [-0.15, -0.1) is 0 Å². The smallest absolute Gasteiger partial charge is 0.280 e. The first-order chi connectivity index (χ1) is 27.1. The summed E-state index contributed by atoms with van der Waals surface area (Å²) < 4.78 is 6.46. The maximum Gasteiger partial charge on any atom is 0.280 e. The number of nitrogens with one attached hydrogen (secondary N) is 1. The van der Waals surface area contributed by atoms with Crippen LogP contribution in [0.25, 0.3) is 0 Å². The zero-order chi connectivity index (χ0) is 40.1. The molecule has 6 heterocycles. The number of pyridine rings is 1. The van der Waals surface area contributed by atoms with Gasteiger partial charge >= 0.3 is 0 Å². The molecule has 1 aromatic heterocycles. The Bertz CT molecular complexity index is 2400. The Hall–Kier alpha value is -5.76. The molecule has 57 heavy (non-hydrogen) atoms. The molecule has 5 amide bonds. The molecule has 4 fully saturated rings. The molecule has 6 aliphatic rings. The van der Waals surface area contributed by atoms with Gasteiger partial charge in [0.25, 0.3) is 17.7 Å². The number of anilines is 1. The van der Waals surface area contributed by atoms with Crippen LogP contribution in [-0.4, -0.2) is 99.6 Å². The van der Waals surface area contributed by atoms with Crippen LogP contribution in [0.4, 0.5) is 5.69 Å². The van der Waals surface area contributed by atoms with Gasteiger partial charge in [-0.25, -0.2) is 4.98 Å². The summed E-state index contributed by atoms with van der Waals surface area (Å²) in [6.45, 7) is 12.2. The summed E-state index contributed by atoms with van der Waals surface area (Å²) in [4.78, 5) is 75.7. The Morgan fingerprint density at radius 2 is 1.67 bits per heavy atom. The van der Waals surface area contributed by atoms with Crippen molar-refractivity contribution in [1.29, 1.82) is 5.26 Å². The number of amides is 5. The van der Waals surface area contributed by atoms with E-state index in [4.69, 9.17) is 16.3 Å². The number of imide groups is 2. The van der Waals surface area contributed by atoms with Crippen molar-refractivity contribution in [2.24, 2.45) is 16.7 Å². The van der Waals surface area contributed by atoms with Crippen LogP contribution in [0.1, 0.15) is 88.4 Å². The molecule has 0 spiro atoms. The number of nitrogens with zero attached hydrogens (tertiary/aromatic N) is 6. The zero-order valence-corrected chi connectivity index (χ0v) is 32.7. The SMILES string of the molecule is CC1(C)C(Oc2ccc(C#N)c(Cl)c2)C(C)(C)C1N1Cc2cc(C#CC3CN(C4CN(c5cnc6c(c5)C(=O)N(C5CCC(=O)NC5=O)C6=O)C4)C3)ccc2C1=O. The van der Waals surface area contributed by atoms with Gasteiger partial charge in [-0.3, -0.25) is 39.1 Å². The van der Waals surface area contributed by atoms with Crippen LogP contribution >= 0.6 is 11.6 Å². The molecule has 0 bridgehead atoms. The average molecular weight is 786 g/mol. The molecule has 3 saturated heterocycles. The van der Waals surface area contributed by atoms with Crippen LogP contribution in [0, 0.1) is 39.9 Å². The van der Waals surface area contributed by atoms with Gasteiger partial charge in [0.1, 0.15) is 29.7 Å². The van der Waals surface area contributed by atoms with E-state index >= 15 is 0 Å².